The van der Waals surface area contributed by atoms with Crippen molar-refractivity contribution in [1.29, 1.82) is 0 Å². The minimum Gasteiger partial charge on any atom is -0.495 e. The maximum atomic E-state index is 9.17. The van der Waals surface area contributed by atoms with Crippen molar-refractivity contribution in [2.45, 2.75) is 19.9 Å². The number of halogens is 1. The molecule has 0 aliphatic rings. The number of ether oxygens (including phenoxy) is 1. The van der Waals surface area contributed by atoms with Gasteiger partial charge in [0.2, 0.25) is 0 Å². The fourth-order valence-electron chi connectivity index (χ4n) is 2.17. The van der Waals surface area contributed by atoms with Gasteiger partial charge in [0.1, 0.15) is 12.0 Å². The van der Waals surface area contributed by atoms with E-state index in [0.717, 1.165) is 24.1 Å². The molecule has 1 heterocycles. The van der Waals surface area contributed by atoms with Crippen LogP contribution in [0, 0.1) is 0 Å². The molecule has 0 unspecified atom stereocenters. The zero-order chi connectivity index (χ0) is 17.4. The van der Waals surface area contributed by atoms with Gasteiger partial charge in [-0.3, -0.25) is 0 Å². The van der Waals surface area contributed by atoms with Crippen LogP contribution in [-0.2, 0) is 11.3 Å². The van der Waals surface area contributed by atoms with Crippen LogP contribution in [0.1, 0.15) is 18.9 Å². The third-order valence-corrected chi connectivity index (χ3v) is 4.54. The lowest BCUT2D eigenvalue weighted by Gasteiger charge is -2.09. The largest absolute Gasteiger partial charge is 0.495 e. The second kappa shape index (κ2) is 9.30. The average molecular weight is 362 g/mol. The van der Waals surface area contributed by atoms with E-state index in [-0.39, 0.29) is 0 Å². The lowest BCUT2D eigenvalue weighted by Crippen LogP contribution is -1.99. The molecule has 0 atom stereocenters. The van der Waals surface area contributed by atoms with Crippen LogP contribution in [0.3, 0.4) is 0 Å². The Kier molecular flexibility index (Phi) is 7.09. The smallest absolute Gasteiger partial charge is 0.137 e. The van der Waals surface area contributed by atoms with Crippen molar-refractivity contribution in [3.8, 4) is 5.75 Å². The van der Waals surface area contributed by atoms with Crippen LogP contribution in [0.15, 0.2) is 47.8 Å². The third kappa shape index (κ3) is 4.73. The summed E-state index contributed by atoms with van der Waals surface area (Å²) in [6, 6.07) is 14.3. The first-order chi connectivity index (χ1) is 11.7. The number of carbonyl (C=O) groups is 1. The number of rotatable bonds is 5. The Bertz CT molecular complexity index is 801. The summed E-state index contributed by atoms with van der Waals surface area (Å²) in [7, 11) is 1.62. The lowest BCUT2D eigenvalue weighted by molar-refractivity contribution is -0.107. The van der Waals surface area contributed by atoms with Gasteiger partial charge in [-0.25, -0.2) is 0 Å². The molecule has 24 heavy (non-hydrogen) atoms. The van der Waals surface area contributed by atoms with Gasteiger partial charge >= 0.3 is 0 Å². The Morgan fingerprint density at radius 1 is 1.25 bits per heavy atom. The van der Waals surface area contributed by atoms with Gasteiger partial charge < -0.3 is 14.8 Å². The monoisotopic (exact) mass is 361 g/mol. The Morgan fingerprint density at radius 2 is 2.04 bits per heavy atom. The summed E-state index contributed by atoms with van der Waals surface area (Å²) in [6.45, 7) is 2.55. The van der Waals surface area contributed by atoms with Crippen molar-refractivity contribution in [2.75, 3.05) is 12.4 Å². The van der Waals surface area contributed by atoms with Crippen LogP contribution < -0.4 is 10.1 Å². The number of thiophene rings is 1. The van der Waals surface area contributed by atoms with E-state index in [4.69, 9.17) is 16.3 Å². The molecule has 3 rings (SSSR count). The summed E-state index contributed by atoms with van der Waals surface area (Å²) in [4.78, 5) is 9.17. The number of fused-ring (bicyclic) bond motifs is 1. The topological polar surface area (TPSA) is 38.3 Å². The minimum atomic E-state index is 0.639. The van der Waals surface area contributed by atoms with Crippen molar-refractivity contribution < 1.29 is 9.53 Å². The van der Waals surface area contributed by atoms with Gasteiger partial charge in [-0.15, -0.1) is 11.3 Å². The van der Waals surface area contributed by atoms with Gasteiger partial charge in [-0.05, 0) is 41.3 Å². The quantitative estimate of drug-likeness (QED) is 0.586. The molecule has 126 valence electrons. The number of nitrogens with one attached hydrogen (secondary N) is 1. The number of hydrogen-bond donors (Lipinski definition) is 1. The van der Waals surface area contributed by atoms with Crippen molar-refractivity contribution in [1.82, 2.24) is 0 Å². The van der Waals surface area contributed by atoms with Crippen LogP contribution in [0.4, 0.5) is 5.69 Å². The van der Waals surface area contributed by atoms with E-state index >= 15 is 0 Å². The fourth-order valence-corrected chi connectivity index (χ4v) is 3.26. The number of methoxy groups -OCH3 is 1. The second-order valence-corrected chi connectivity index (χ2v) is 6.39. The minimum absolute atomic E-state index is 0.639. The maximum absolute atomic E-state index is 9.17. The molecule has 1 N–H and O–H groups in total. The number of aldehydes is 1. The van der Waals surface area contributed by atoms with Crippen LogP contribution >= 0.6 is 22.9 Å². The van der Waals surface area contributed by atoms with E-state index < -0.39 is 0 Å². The Morgan fingerprint density at radius 3 is 2.71 bits per heavy atom. The first kappa shape index (κ1) is 18.3. The second-order valence-electron chi connectivity index (χ2n) is 5.04. The highest BCUT2D eigenvalue weighted by molar-refractivity contribution is 7.17. The number of carbonyl (C=O) groups excluding carboxylic acids is 1. The molecule has 0 spiro atoms. The van der Waals surface area contributed by atoms with Gasteiger partial charge in [0.25, 0.3) is 0 Å². The first-order valence-electron chi connectivity index (χ1n) is 7.65. The Hall–Kier alpha value is -2.04. The first-order valence-corrected chi connectivity index (χ1v) is 8.91. The van der Waals surface area contributed by atoms with Crippen molar-refractivity contribution in [2.24, 2.45) is 0 Å². The van der Waals surface area contributed by atoms with Gasteiger partial charge in [0.15, 0.2) is 0 Å². The summed E-state index contributed by atoms with van der Waals surface area (Å²) in [5.41, 5.74) is 2.28. The molecule has 0 amide bonds. The number of anilines is 1. The van der Waals surface area contributed by atoms with Gasteiger partial charge in [0.05, 0.1) is 12.1 Å². The molecular weight excluding hydrogens is 342 g/mol. The predicted octanol–water partition coefficient (Wildman–Crippen LogP) is 5.77. The van der Waals surface area contributed by atoms with Crippen LogP contribution in [0.2, 0.25) is 5.02 Å². The van der Waals surface area contributed by atoms with Crippen molar-refractivity contribution in [3.63, 3.8) is 0 Å². The van der Waals surface area contributed by atoms with E-state index in [0.29, 0.717) is 17.2 Å². The normalized spacial score (nSPS) is 9.96. The highest BCUT2D eigenvalue weighted by Crippen LogP contribution is 2.29. The molecule has 0 fully saturated rings. The molecule has 3 nitrogen and oxygen atoms in total. The summed E-state index contributed by atoms with van der Waals surface area (Å²) < 4.78 is 6.45. The molecule has 0 bridgehead atoms. The molecule has 3 aromatic rings. The standard InChI is InChI=1S/C16H14ClNOS.C3H6O/c1-19-15-6-5-11(9-13(15)17)10-18-14-3-2-4-16-12(14)7-8-20-16;1-2-3-4/h2-9,18H,10H2,1H3;3H,2H2,1H3. The summed E-state index contributed by atoms with van der Waals surface area (Å²) in [5, 5.41) is 7.47. The van der Waals surface area contributed by atoms with E-state index in [1.165, 1.54) is 10.1 Å². The van der Waals surface area contributed by atoms with E-state index in [1.54, 1.807) is 18.4 Å². The third-order valence-electron chi connectivity index (χ3n) is 3.36. The van der Waals surface area contributed by atoms with E-state index in [9.17, 15) is 4.79 Å². The molecule has 0 aliphatic carbocycles. The number of benzene rings is 2. The van der Waals surface area contributed by atoms with Crippen molar-refractivity contribution in [3.05, 3.63) is 58.4 Å². The van der Waals surface area contributed by atoms with Crippen LogP contribution in [0.25, 0.3) is 10.1 Å². The maximum Gasteiger partial charge on any atom is 0.137 e. The Balaban J connectivity index is 0.000000471. The number of hydrogen-bond acceptors (Lipinski definition) is 4. The van der Waals surface area contributed by atoms with E-state index in [1.807, 2.05) is 25.1 Å². The lowest BCUT2D eigenvalue weighted by atomic mass is 10.2. The molecule has 0 radical (unpaired) electrons. The highest BCUT2D eigenvalue weighted by Gasteiger charge is 2.04. The Labute approximate surface area is 151 Å². The molecule has 0 aliphatic heterocycles. The molecule has 5 heteroatoms. The zero-order valence-electron chi connectivity index (χ0n) is 13.7. The molecule has 1 aromatic heterocycles. The molecule has 0 saturated heterocycles. The van der Waals surface area contributed by atoms with Gasteiger partial charge in [-0.1, -0.05) is 30.7 Å². The predicted molar refractivity (Wildman–Crippen MR) is 104 cm³/mol. The van der Waals surface area contributed by atoms with Crippen molar-refractivity contribution >= 4 is 45.0 Å². The van der Waals surface area contributed by atoms with Crippen LogP contribution in [-0.4, -0.2) is 13.4 Å². The van der Waals surface area contributed by atoms with Gasteiger partial charge in [-0.2, -0.15) is 0 Å². The summed E-state index contributed by atoms with van der Waals surface area (Å²) in [6.07, 6.45) is 1.51. The van der Waals surface area contributed by atoms with E-state index in [2.05, 4.69) is 35.0 Å². The summed E-state index contributed by atoms with van der Waals surface area (Å²) >= 11 is 7.89. The molecular formula is C19H20ClNO2S. The SMILES string of the molecule is CCC=O.COc1ccc(CNc2cccc3sccc23)cc1Cl. The summed E-state index contributed by atoms with van der Waals surface area (Å²) in [5.74, 6) is 0.704. The highest BCUT2D eigenvalue weighted by atomic mass is 35.5. The van der Waals surface area contributed by atoms with Gasteiger partial charge in [0, 0.05) is 28.7 Å². The molecule has 2 aromatic carbocycles. The molecule has 0 saturated carbocycles. The average Bonchev–Trinajstić information content (AvgIpc) is 3.09. The van der Waals surface area contributed by atoms with Crippen LogP contribution in [0.5, 0.6) is 5.75 Å². The fraction of sp³-hybridized carbons (Fsp3) is 0.211. The zero-order valence-corrected chi connectivity index (χ0v) is 15.3.